The van der Waals surface area contributed by atoms with E-state index in [1.165, 1.54) is 18.2 Å². The molecule has 0 radical (unpaired) electrons. The van der Waals surface area contributed by atoms with Gasteiger partial charge in [-0.05, 0) is 23.8 Å². The molecule has 20 heavy (non-hydrogen) atoms. The predicted molar refractivity (Wildman–Crippen MR) is 68.6 cm³/mol. The van der Waals surface area contributed by atoms with Crippen LogP contribution in [0, 0.1) is 17.5 Å². The lowest BCUT2D eigenvalue weighted by molar-refractivity contribution is 0.0996. The van der Waals surface area contributed by atoms with Crippen molar-refractivity contribution in [2.24, 2.45) is 5.73 Å². The van der Waals surface area contributed by atoms with Crippen LogP contribution >= 0.6 is 0 Å². The second-order valence-electron chi connectivity index (χ2n) is 4.16. The average molecular weight is 280 g/mol. The van der Waals surface area contributed by atoms with Crippen LogP contribution in [0.25, 0.3) is 0 Å². The molecule has 0 unspecified atom stereocenters. The van der Waals surface area contributed by atoms with Crippen LogP contribution in [0.1, 0.15) is 15.9 Å². The molecular weight excluding hydrogens is 269 g/mol. The molecule has 2 aromatic carbocycles. The van der Waals surface area contributed by atoms with Crippen molar-refractivity contribution < 1.29 is 18.0 Å². The van der Waals surface area contributed by atoms with E-state index < -0.39 is 28.9 Å². The molecule has 1 amide bonds. The van der Waals surface area contributed by atoms with E-state index in [9.17, 15) is 18.0 Å². The fourth-order valence-electron chi connectivity index (χ4n) is 1.72. The molecule has 3 N–H and O–H groups in total. The summed E-state index contributed by atoms with van der Waals surface area (Å²) in [5, 5.41) is 2.66. The van der Waals surface area contributed by atoms with Gasteiger partial charge in [0.15, 0.2) is 0 Å². The normalized spacial score (nSPS) is 10.3. The Labute approximate surface area is 113 Å². The number of rotatable bonds is 4. The van der Waals surface area contributed by atoms with E-state index in [2.05, 4.69) is 5.32 Å². The maximum atomic E-state index is 13.5. The SMILES string of the molecule is NC(=O)c1cc(NCc2cccc(F)c2)c(F)cc1F. The Morgan fingerprint density at radius 1 is 1.10 bits per heavy atom. The van der Waals surface area contributed by atoms with Crippen molar-refractivity contribution in [1.29, 1.82) is 0 Å². The second-order valence-corrected chi connectivity index (χ2v) is 4.16. The summed E-state index contributed by atoms with van der Waals surface area (Å²) in [5.41, 5.74) is 5.07. The summed E-state index contributed by atoms with van der Waals surface area (Å²) in [5.74, 6) is -3.28. The van der Waals surface area contributed by atoms with Gasteiger partial charge < -0.3 is 11.1 Å². The van der Waals surface area contributed by atoms with Crippen molar-refractivity contribution >= 4 is 11.6 Å². The van der Waals surface area contributed by atoms with Crippen molar-refractivity contribution in [3.05, 3.63) is 65.0 Å². The van der Waals surface area contributed by atoms with Gasteiger partial charge in [-0.3, -0.25) is 4.79 Å². The van der Waals surface area contributed by atoms with Gasteiger partial charge in [0.05, 0.1) is 11.3 Å². The summed E-state index contributed by atoms with van der Waals surface area (Å²) < 4.78 is 39.8. The van der Waals surface area contributed by atoms with Crippen LogP contribution in [-0.4, -0.2) is 5.91 Å². The summed E-state index contributed by atoms with van der Waals surface area (Å²) in [7, 11) is 0. The number of primary amides is 1. The molecule has 0 spiro atoms. The molecule has 3 nitrogen and oxygen atoms in total. The Balaban J connectivity index is 2.21. The van der Waals surface area contributed by atoms with Crippen LogP contribution in [0.5, 0.6) is 0 Å². The molecule has 0 heterocycles. The maximum absolute atomic E-state index is 13.5. The van der Waals surface area contributed by atoms with E-state index in [4.69, 9.17) is 5.73 Å². The van der Waals surface area contributed by atoms with Gasteiger partial charge in [0.1, 0.15) is 17.5 Å². The van der Waals surface area contributed by atoms with Crippen LogP contribution < -0.4 is 11.1 Å². The number of anilines is 1. The monoisotopic (exact) mass is 280 g/mol. The number of carbonyl (C=O) groups excluding carboxylic acids is 1. The molecule has 0 fully saturated rings. The molecule has 2 rings (SSSR count). The Morgan fingerprint density at radius 2 is 1.85 bits per heavy atom. The summed E-state index contributed by atoms with van der Waals surface area (Å²) in [6, 6.07) is 7.30. The van der Waals surface area contributed by atoms with Crippen molar-refractivity contribution in [1.82, 2.24) is 0 Å². The summed E-state index contributed by atoms with van der Waals surface area (Å²) in [4.78, 5) is 11.0. The quantitative estimate of drug-likeness (QED) is 0.904. The van der Waals surface area contributed by atoms with Gasteiger partial charge in [0.2, 0.25) is 0 Å². The molecule has 0 saturated carbocycles. The van der Waals surface area contributed by atoms with E-state index >= 15 is 0 Å². The van der Waals surface area contributed by atoms with E-state index in [0.29, 0.717) is 11.6 Å². The van der Waals surface area contributed by atoms with Gasteiger partial charge in [-0.15, -0.1) is 0 Å². The topological polar surface area (TPSA) is 55.1 Å². The van der Waals surface area contributed by atoms with Crippen LogP contribution in [0.4, 0.5) is 18.9 Å². The first-order valence-corrected chi connectivity index (χ1v) is 5.74. The minimum absolute atomic E-state index is 0.0792. The van der Waals surface area contributed by atoms with Crippen molar-refractivity contribution in [2.75, 3.05) is 5.32 Å². The average Bonchev–Trinajstić information content (AvgIpc) is 2.37. The van der Waals surface area contributed by atoms with E-state index in [1.807, 2.05) is 0 Å². The smallest absolute Gasteiger partial charge is 0.251 e. The van der Waals surface area contributed by atoms with E-state index in [-0.39, 0.29) is 12.2 Å². The molecular formula is C14H11F3N2O. The number of nitrogens with two attached hydrogens (primary N) is 1. The molecule has 0 aliphatic heterocycles. The zero-order valence-electron chi connectivity index (χ0n) is 10.3. The van der Waals surface area contributed by atoms with Gasteiger partial charge in [0.25, 0.3) is 5.91 Å². The number of hydrogen-bond donors (Lipinski definition) is 2. The highest BCUT2D eigenvalue weighted by atomic mass is 19.1. The molecule has 0 aliphatic carbocycles. The van der Waals surface area contributed by atoms with Gasteiger partial charge in [-0.2, -0.15) is 0 Å². The van der Waals surface area contributed by atoms with Crippen molar-refractivity contribution in [2.45, 2.75) is 6.54 Å². The molecule has 0 saturated heterocycles. The molecule has 6 heteroatoms. The first kappa shape index (κ1) is 13.9. The Kier molecular flexibility index (Phi) is 3.93. The zero-order valence-corrected chi connectivity index (χ0v) is 10.3. The van der Waals surface area contributed by atoms with E-state index in [0.717, 1.165) is 6.07 Å². The summed E-state index contributed by atoms with van der Waals surface area (Å²) >= 11 is 0. The lowest BCUT2D eigenvalue weighted by atomic mass is 10.1. The number of carbonyl (C=O) groups is 1. The van der Waals surface area contributed by atoms with Crippen LogP contribution in [0.2, 0.25) is 0 Å². The molecule has 0 atom stereocenters. The third-order valence-corrected chi connectivity index (χ3v) is 2.69. The standard InChI is InChI=1S/C14H11F3N2O/c15-9-3-1-2-8(4-9)7-19-13-5-10(14(18)20)11(16)6-12(13)17/h1-6,19H,7H2,(H2,18,20). The second kappa shape index (κ2) is 5.64. The molecule has 0 aliphatic rings. The minimum atomic E-state index is -1.02. The van der Waals surface area contributed by atoms with Gasteiger partial charge in [0, 0.05) is 12.6 Å². The Bertz CT molecular complexity index is 659. The van der Waals surface area contributed by atoms with Crippen molar-refractivity contribution in [3.8, 4) is 0 Å². The van der Waals surface area contributed by atoms with Crippen LogP contribution in [0.15, 0.2) is 36.4 Å². The molecule has 2 aromatic rings. The third kappa shape index (κ3) is 3.09. The molecule has 104 valence electrons. The number of hydrogen-bond acceptors (Lipinski definition) is 2. The fraction of sp³-hybridized carbons (Fsp3) is 0.0714. The number of benzene rings is 2. The largest absolute Gasteiger partial charge is 0.379 e. The number of halogens is 3. The molecule has 0 aromatic heterocycles. The first-order chi connectivity index (χ1) is 9.47. The highest BCUT2D eigenvalue weighted by Crippen LogP contribution is 2.20. The third-order valence-electron chi connectivity index (χ3n) is 2.69. The summed E-state index contributed by atoms with van der Waals surface area (Å²) in [6.45, 7) is 0.124. The first-order valence-electron chi connectivity index (χ1n) is 5.74. The lowest BCUT2D eigenvalue weighted by Crippen LogP contribution is -2.14. The highest BCUT2D eigenvalue weighted by molar-refractivity contribution is 5.94. The van der Waals surface area contributed by atoms with Gasteiger partial charge in [-0.25, -0.2) is 13.2 Å². The Hall–Kier alpha value is -2.50. The highest BCUT2D eigenvalue weighted by Gasteiger charge is 2.13. The predicted octanol–water partition coefficient (Wildman–Crippen LogP) is 2.81. The Morgan fingerprint density at radius 3 is 2.50 bits per heavy atom. The van der Waals surface area contributed by atoms with Crippen molar-refractivity contribution in [3.63, 3.8) is 0 Å². The lowest BCUT2D eigenvalue weighted by Gasteiger charge is -2.09. The van der Waals surface area contributed by atoms with E-state index in [1.54, 1.807) is 6.07 Å². The number of amides is 1. The summed E-state index contributed by atoms with van der Waals surface area (Å²) in [6.07, 6.45) is 0. The molecule has 0 bridgehead atoms. The van der Waals surface area contributed by atoms with Gasteiger partial charge >= 0.3 is 0 Å². The van der Waals surface area contributed by atoms with Crippen LogP contribution in [-0.2, 0) is 6.54 Å². The number of nitrogens with one attached hydrogen (secondary N) is 1. The minimum Gasteiger partial charge on any atom is -0.379 e. The maximum Gasteiger partial charge on any atom is 0.251 e. The fourth-order valence-corrected chi connectivity index (χ4v) is 1.72. The van der Waals surface area contributed by atoms with Crippen LogP contribution in [0.3, 0.4) is 0 Å². The zero-order chi connectivity index (χ0) is 14.7. The van der Waals surface area contributed by atoms with Gasteiger partial charge in [-0.1, -0.05) is 12.1 Å².